The van der Waals surface area contributed by atoms with E-state index in [4.69, 9.17) is 4.74 Å². The number of aromatic nitrogens is 1. The van der Waals surface area contributed by atoms with Gasteiger partial charge in [0.2, 0.25) is 0 Å². The van der Waals surface area contributed by atoms with Gasteiger partial charge in [-0.3, -0.25) is 5.43 Å². The van der Waals surface area contributed by atoms with Gasteiger partial charge in [0.05, 0.1) is 6.10 Å². The topological polar surface area (TPSA) is 37.4 Å². The van der Waals surface area contributed by atoms with Crippen molar-refractivity contribution < 1.29 is 4.74 Å². The molecule has 1 aromatic heterocycles. The van der Waals surface area contributed by atoms with Crippen LogP contribution in [0.1, 0.15) is 33.1 Å². The second-order valence-corrected chi connectivity index (χ2v) is 4.68. The molecule has 0 amide bonds. The molecule has 1 aliphatic rings. The zero-order chi connectivity index (χ0) is 12.1. The van der Waals surface area contributed by atoms with Crippen molar-refractivity contribution in [2.75, 3.05) is 18.5 Å². The van der Waals surface area contributed by atoms with Crippen LogP contribution in [-0.4, -0.2) is 29.2 Å². The largest absolute Gasteiger partial charge is 0.487 e. The maximum absolute atomic E-state index is 5.74. The van der Waals surface area contributed by atoms with E-state index in [0.29, 0.717) is 0 Å². The first-order valence-electron chi connectivity index (χ1n) is 6.39. The summed E-state index contributed by atoms with van der Waals surface area (Å²) in [5, 5.41) is 2.22. The van der Waals surface area contributed by atoms with Gasteiger partial charge in [-0.15, -0.1) is 0 Å². The molecule has 0 radical (unpaired) electrons. The Kier molecular flexibility index (Phi) is 4.20. The number of ether oxygens (including phenoxy) is 1. The summed E-state index contributed by atoms with van der Waals surface area (Å²) < 4.78 is 5.74. The summed E-state index contributed by atoms with van der Waals surface area (Å²) in [6, 6.07) is 3.86. The van der Waals surface area contributed by atoms with Gasteiger partial charge in [0, 0.05) is 19.3 Å². The lowest BCUT2D eigenvalue weighted by atomic mass is 10.2. The summed E-state index contributed by atoms with van der Waals surface area (Å²) in [4.78, 5) is 4.35. The van der Waals surface area contributed by atoms with Crippen molar-refractivity contribution in [1.29, 1.82) is 0 Å². The van der Waals surface area contributed by atoms with E-state index in [0.717, 1.165) is 24.7 Å². The molecule has 1 aromatic rings. The SMILES string of the molecule is CC(C)Oc1cccnc1NN1CCCCC1. The average Bonchev–Trinajstić information content (AvgIpc) is 2.32. The maximum Gasteiger partial charge on any atom is 0.183 e. The van der Waals surface area contributed by atoms with Crippen molar-refractivity contribution in [2.45, 2.75) is 39.2 Å². The third kappa shape index (κ3) is 3.60. The second kappa shape index (κ2) is 5.87. The van der Waals surface area contributed by atoms with Crippen LogP contribution < -0.4 is 10.2 Å². The van der Waals surface area contributed by atoms with Gasteiger partial charge in [0.25, 0.3) is 0 Å². The molecule has 4 nitrogen and oxygen atoms in total. The number of hydrogen-bond acceptors (Lipinski definition) is 4. The van der Waals surface area contributed by atoms with Crippen molar-refractivity contribution in [3.63, 3.8) is 0 Å². The zero-order valence-corrected chi connectivity index (χ0v) is 10.6. The second-order valence-electron chi connectivity index (χ2n) is 4.68. The summed E-state index contributed by atoms with van der Waals surface area (Å²) in [7, 11) is 0. The number of pyridine rings is 1. The highest BCUT2D eigenvalue weighted by molar-refractivity contribution is 5.48. The van der Waals surface area contributed by atoms with Crippen molar-refractivity contribution in [3.05, 3.63) is 18.3 Å². The molecule has 0 atom stereocenters. The van der Waals surface area contributed by atoms with Crippen molar-refractivity contribution in [2.24, 2.45) is 0 Å². The Morgan fingerprint density at radius 1 is 1.29 bits per heavy atom. The fourth-order valence-electron chi connectivity index (χ4n) is 1.98. The molecule has 1 aliphatic heterocycles. The Labute approximate surface area is 103 Å². The lowest BCUT2D eigenvalue weighted by Crippen LogP contribution is -2.35. The predicted octanol–water partition coefficient (Wildman–Crippen LogP) is 2.68. The Hall–Kier alpha value is -1.29. The van der Waals surface area contributed by atoms with Crippen LogP contribution in [-0.2, 0) is 0 Å². The van der Waals surface area contributed by atoms with Crippen LogP contribution in [0.15, 0.2) is 18.3 Å². The average molecular weight is 235 g/mol. The number of hydrogen-bond donors (Lipinski definition) is 1. The van der Waals surface area contributed by atoms with Crippen molar-refractivity contribution in [1.82, 2.24) is 9.99 Å². The lowest BCUT2D eigenvalue weighted by molar-refractivity contribution is 0.236. The Morgan fingerprint density at radius 3 is 2.76 bits per heavy atom. The van der Waals surface area contributed by atoms with E-state index in [-0.39, 0.29) is 6.10 Å². The smallest absolute Gasteiger partial charge is 0.183 e. The molecular formula is C13H21N3O. The molecule has 0 unspecified atom stereocenters. The minimum absolute atomic E-state index is 0.168. The van der Waals surface area contributed by atoms with Crippen molar-refractivity contribution >= 4 is 5.82 Å². The maximum atomic E-state index is 5.74. The van der Waals surface area contributed by atoms with Gasteiger partial charge in [-0.1, -0.05) is 6.42 Å². The molecule has 17 heavy (non-hydrogen) atoms. The first-order chi connectivity index (χ1) is 8.25. The van der Waals surface area contributed by atoms with E-state index < -0.39 is 0 Å². The Bertz CT molecular complexity index is 348. The number of hydrazine groups is 1. The lowest BCUT2D eigenvalue weighted by Gasteiger charge is -2.28. The molecule has 4 heteroatoms. The van der Waals surface area contributed by atoms with E-state index in [2.05, 4.69) is 15.4 Å². The monoisotopic (exact) mass is 235 g/mol. The van der Waals surface area contributed by atoms with E-state index in [9.17, 15) is 0 Å². The Morgan fingerprint density at radius 2 is 2.06 bits per heavy atom. The molecule has 94 valence electrons. The zero-order valence-electron chi connectivity index (χ0n) is 10.6. The molecule has 2 rings (SSSR count). The van der Waals surface area contributed by atoms with E-state index in [1.165, 1.54) is 19.3 Å². The molecule has 0 aromatic carbocycles. The molecule has 1 N–H and O–H groups in total. The van der Waals surface area contributed by atoms with E-state index in [1.54, 1.807) is 6.20 Å². The van der Waals surface area contributed by atoms with Gasteiger partial charge in [-0.05, 0) is 38.8 Å². The summed E-state index contributed by atoms with van der Waals surface area (Å²) in [5.41, 5.74) is 3.35. The summed E-state index contributed by atoms with van der Waals surface area (Å²) in [6.45, 7) is 6.21. The number of nitrogens with one attached hydrogen (secondary N) is 1. The molecule has 0 bridgehead atoms. The molecule has 1 fully saturated rings. The fourth-order valence-corrected chi connectivity index (χ4v) is 1.98. The predicted molar refractivity (Wildman–Crippen MR) is 69.0 cm³/mol. The highest BCUT2D eigenvalue weighted by atomic mass is 16.5. The van der Waals surface area contributed by atoms with Gasteiger partial charge in [-0.2, -0.15) is 0 Å². The van der Waals surface area contributed by atoms with Crippen LogP contribution in [0.3, 0.4) is 0 Å². The highest BCUT2D eigenvalue weighted by Crippen LogP contribution is 2.23. The van der Waals surface area contributed by atoms with Crippen LogP contribution >= 0.6 is 0 Å². The fraction of sp³-hybridized carbons (Fsp3) is 0.615. The standard InChI is InChI=1S/C13H21N3O/c1-11(2)17-12-7-6-8-14-13(12)15-16-9-4-3-5-10-16/h6-8,11H,3-5,9-10H2,1-2H3,(H,14,15). The van der Waals surface area contributed by atoms with Crippen molar-refractivity contribution in [3.8, 4) is 5.75 Å². The summed E-state index contributed by atoms with van der Waals surface area (Å²) >= 11 is 0. The number of piperidine rings is 1. The van der Waals surface area contributed by atoms with Gasteiger partial charge in [0.1, 0.15) is 0 Å². The number of nitrogens with zero attached hydrogens (tertiary/aromatic N) is 2. The minimum atomic E-state index is 0.168. The first-order valence-corrected chi connectivity index (χ1v) is 6.39. The molecule has 1 saturated heterocycles. The van der Waals surface area contributed by atoms with E-state index >= 15 is 0 Å². The van der Waals surface area contributed by atoms with Gasteiger partial charge in [-0.25, -0.2) is 9.99 Å². The Balaban J connectivity index is 2.03. The van der Waals surface area contributed by atoms with Crippen LogP contribution in [0.5, 0.6) is 5.75 Å². The molecule has 0 spiro atoms. The molecule has 0 aliphatic carbocycles. The minimum Gasteiger partial charge on any atom is -0.487 e. The van der Waals surface area contributed by atoms with Gasteiger partial charge in [0.15, 0.2) is 11.6 Å². The van der Waals surface area contributed by atoms with Crippen LogP contribution in [0.25, 0.3) is 0 Å². The number of anilines is 1. The first kappa shape index (κ1) is 12.2. The third-order valence-corrected chi connectivity index (χ3v) is 2.75. The van der Waals surface area contributed by atoms with Crippen LogP contribution in [0, 0.1) is 0 Å². The van der Waals surface area contributed by atoms with Gasteiger partial charge < -0.3 is 4.74 Å². The molecular weight excluding hydrogens is 214 g/mol. The summed E-state index contributed by atoms with van der Waals surface area (Å²) in [6.07, 6.45) is 5.79. The third-order valence-electron chi connectivity index (χ3n) is 2.75. The normalized spacial score (nSPS) is 17.1. The molecule has 0 saturated carbocycles. The van der Waals surface area contributed by atoms with Crippen LogP contribution in [0.4, 0.5) is 5.82 Å². The summed E-state index contributed by atoms with van der Waals surface area (Å²) in [5.74, 6) is 1.65. The van der Waals surface area contributed by atoms with Gasteiger partial charge >= 0.3 is 0 Å². The highest BCUT2D eigenvalue weighted by Gasteiger charge is 2.13. The number of rotatable bonds is 4. The van der Waals surface area contributed by atoms with E-state index in [1.807, 2.05) is 26.0 Å². The quantitative estimate of drug-likeness (QED) is 0.870. The van der Waals surface area contributed by atoms with Crippen LogP contribution in [0.2, 0.25) is 0 Å². The molecule has 2 heterocycles.